The number of rotatable bonds is 5. The molecule has 0 spiro atoms. The van der Waals surface area contributed by atoms with Crippen molar-refractivity contribution >= 4 is 17.6 Å². The molecule has 2 atom stereocenters. The van der Waals surface area contributed by atoms with Crippen molar-refractivity contribution in [2.24, 2.45) is 0 Å². The number of ether oxygens (including phenoxy) is 3. The maximum atomic E-state index is 12.5. The number of allylic oxidation sites excluding steroid dienone is 2. The van der Waals surface area contributed by atoms with Crippen molar-refractivity contribution in [3.8, 4) is 0 Å². The Balaban J connectivity index is 1.86. The third-order valence-electron chi connectivity index (χ3n) is 5.01. The van der Waals surface area contributed by atoms with E-state index < -0.39 is 11.9 Å². The average molecular weight is 412 g/mol. The molecule has 0 radical (unpaired) electrons. The SMILES string of the molecule is COC(=O)C1=C(C(=O)OC)N(c2ccc(CN3CC(C)OC(C)C3)cc2)C=CC=C1. The van der Waals surface area contributed by atoms with E-state index in [4.69, 9.17) is 14.2 Å². The molecule has 7 nitrogen and oxygen atoms in total. The molecule has 0 saturated carbocycles. The van der Waals surface area contributed by atoms with E-state index in [1.807, 2.05) is 24.3 Å². The largest absolute Gasteiger partial charge is 0.465 e. The van der Waals surface area contributed by atoms with E-state index in [1.165, 1.54) is 14.2 Å². The fraction of sp³-hybridized carbons (Fsp3) is 0.391. The first kappa shape index (κ1) is 21.8. The van der Waals surface area contributed by atoms with Gasteiger partial charge in [0.1, 0.15) is 5.70 Å². The van der Waals surface area contributed by atoms with Crippen LogP contribution in [0.15, 0.2) is 60.0 Å². The Kier molecular flexibility index (Phi) is 7.07. The number of benzene rings is 1. The summed E-state index contributed by atoms with van der Waals surface area (Å²) in [5.41, 5.74) is 2.14. The highest BCUT2D eigenvalue weighted by Crippen LogP contribution is 2.27. The van der Waals surface area contributed by atoms with Gasteiger partial charge >= 0.3 is 11.9 Å². The lowest BCUT2D eigenvalue weighted by Gasteiger charge is -2.35. The Morgan fingerprint density at radius 2 is 1.63 bits per heavy atom. The van der Waals surface area contributed by atoms with Crippen LogP contribution < -0.4 is 4.90 Å². The molecule has 0 aliphatic carbocycles. The number of morpholine rings is 1. The highest BCUT2D eigenvalue weighted by Gasteiger charge is 2.27. The van der Waals surface area contributed by atoms with Crippen LogP contribution in [-0.4, -0.2) is 56.4 Å². The van der Waals surface area contributed by atoms with E-state index in [9.17, 15) is 9.59 Å². The highest BCUT2D eigenvalue weighted by atomic mass is 16.5. The number of hydrogen-bond donors (Lipinski definition) is 0. The van der Waals surface area contributed by atoms with Gasteiger partial charge in [0.15, 0.2) is 0 Å². The molecule has 0 aromatic heterocycles. The summed E-state index contributed by atoms with van der Waals surface area (Å²) >= 11 is 0. The zero-order valence-electron chi connectivity index (χ0n) is 17.8. The van der Waals surface area contributed by atoms with Gasteiger partial charge in [-0.2, -0.15) is 0 Å². The molecule has 160 valence electrons. The van der Waals surface area contributed by atoms with E-state index >= 15 is 0 Å². The molecule has 0 bridgehead atoms. The van der Waals surface area contributed by atoms with Crippen molar-refractivity contribution in [3.05, 3.63) is 65.5 Å². The van der Waals surface area contributed by atoms with Crippen molar-refractivity contribution in [3.63, 3.8) is 0 Å². The first-order valence-corrected chi connectivity index (χ1v) is 9.94. The van der Waals surface area contributed by atoms with Crippen molar-refractivity contribution in [1.82, 2.24) is 4.90 Å². The van der Waals surface area contributed by atoms with Crippen LogP contribution in [0, 0.1) is 0 Å². The molecule has 2 aliphatic rings. The summed E-state index contributed by atoms with van der Waals surface area (Å²) in [4.78, 5) is 28.8. The van der Waals surface area contributed by atoms with Gasteiger partial charge in [0.05, 0.1) is 32.0 Å². The first-order valence-electron chi connectivity index (χ1n) is 9.94. The van der Waals surface area contributed by atoms with Crippen LogP contribution in [0.25, 0.3) is 0 Å². The Bertz CT molecular complexity index is 862. The second-order valence-corrected chi connectivity index (χ2v) is 7.43. The molecule has 1 fully saturated rings. The van der Waals surface area contributed by atoms with Gasteiger partial charge in [0, 0.05) is 31.5 Å². The fourth-order valence-electron chi connectivity index (χ4n) is 3.80. The van der Waals surface area contributed by atoms with Gasteiger partial charge in [0.25, 0.3) is 0 Å². The minimum absolute atomic E-state index is 0.109. The number of carbonyl (C=O) groups excluding carboxylic acids is 2. The summed E-state index contributed by atoms with van der Waals surface area (Å²) in [6.07, 6.45) is 7.13. The molecule has 2 heterocycles. The number of nitrogens with zero attached hydrogens (tertiary/aromatic N) is 2. The number of hydrogen-bond acceptors (Lipinski definition) is 7. The van der Waals surface area contributed by atoms with Crippen LogP contribution in [0.3, 0.4) is 0 Å². The summed E-state index contributed by atoms with van der Waals surface area (Å²) in [5, 5.41) is 0. The smallest absolute Gasteiger partial charge is 0.355 e. The summed E-state index contributed by atoms with van der Waals surface area (Å²) < 4.78 is 15.6. The number of anilines is 1. The predicted molar refractivity (Wildman–Crippen MR) is 114 cm³/mol. The van der Waals surface area contributed by atoms with Crippen molar-refractivity contribution in [2.75, 3.05) is 32.2 Å². The molecule has 2 aliphatic heterocycles. The maximum absolute atomic E-state index is 12.5. The normalized spacial score (nSPS) is 22.1. The van der Waals surface area contributed by atoms with Gasteiger partial charge in [-0.25, -0.2) is 9.59 Å². The quantitative estimate of drug-likeness (QED) is 0.689. The number of carbonyl (C=O) groups is 2. The zero-order valence-corrected chi connectivity index (χ0v) is 17.8. The highest BCUT2D eigenvalue weighted by molar-refractivity contribution is 6.05. The van der Waals surface area contributed by atoms with Crippen LogP contribution in [0.4, 0.5) is 5.69 Å². The van der Waals surface area contributed by atoms with Crippen molar-refractivity contribution in [1.29, 1.82) is 0 Å². The Morgan fingerprint density at radius 3 is 2.23 bits per heavy atom. The number of esters is 2. The van der Waals surface area contributed by atoms with Gasteiger partial charge in [-0.1, -0.05) is 18.2 Å². The minimum Gasteiger partial charge on any atom is -0.465 e. The third kappa shape index (κ3) is 4.98. The average Bonchev–Trinajstić information content (AvgIpc) is 2.95. The minimum atomic E-state index is -0.619. The molecule has 30 heavy (non-hydrogen) atoms. The predicted octanol–water partition coefficient (Wildman–Crippen LogP) is 2.79. The van der Waals surface area contributed by atoms with E-state index in [2.05, 4.69) is 18.7 Å². The molecule has 1 saturated heterocycles. The second kappa shape index (κ2) is 9.73. The first-order chi connectivity index (χ1) is 14.4. The number of methoxy groups -OCH3 is 2. The van der Waals surface area contributed by atoms with Crippen LogP contribution in [-0.2, 0) is 30.3 Å². The second-order valence-electron chi connectivity index (χ2n) is 7.43. The Morgan fingerprint density at radius 1 is 1.00 bits per heavy atom. The van der Waals surface area contributed by atoms with E-state index in [-0.39, 0.29) is 23.5 Å². The van der Waals surface area contributed by atoms with Gasteiger partial charge < -0.3 is 19.1 Å². The van der Waals surface area contributed by atoms with Gasteiger partial charge in [-0.3, -0.25) is 4.90 Å². The molecule has 3 rings (SSSR count). The molecule has 0 amide bonds. The summed E-state index contributed by atoms with van der Waals surface area (Å²) in [7, 11) is 2.57. The molecule has 1 aromatic rings. The molecule has 0 N–H and O–H groups in total. The van der Waals surface area contributed by atoms with E-state index in [1.54, 1.807) is 29.3 Å². The van der Waals surface area contributed by atoms with E-state index in [0.29, 0.717) is 0 Å². The van der Waals surface area contributed by atoms with Crippen molar-refractivity contribution in [2.45, 2.75) is 32.6 Å². The van der Waals surface area contributed by atoms with Crippen LogP contribution in [0.5, 0.6) is 0 Å². The van der Waals surface area contributed by atoms with E-state index in [0.717, 1.165) is 30.9 Å². The lowest BCUT2D eigenvalue weighted by Crippen LogP contribution is -2.44. The Labute approximate surface area is 177 Å². The van der Waals surface area contributed by atoms with Crippen molar-refractivity contribution < 1.29 is 23.8 Å². The lowest BCUT2D eigenvalue weighted by molar-refractivity contribution is -0.139. The fourth-order valence-corrected chi connectivity index (χ4v) is 3.80. The Hall–Kier alpha value is -2.90. The zero-order chi connectivity index (χ0) is 21.7. The van der Waals surface area contributed by atoms with Crippen LogP contribution in [0.2, 0.25) is 0 Å². The van der Waals surface area contributed by atoms with Crippen LogP contribution in [0.1, 0.15) is 19.4 Å². The maximum Gasteiger partial charge on any atom is 0.355 e. The van der Waals surface area contributed by atoms with Gasteiger partial charge in [-0.05, 0) is 43.7 Å². The monoisotopic (exact) mass is 412 g/mol. The van der Waals surface area contributed by atoms with Gasteiger partial charge in [-0.15, -0.1) is 0 Å². The topological polar surface area (TPSA) is 68.3 Å². The molecule has 1 aromatic carbocycles. The molecular weight excluding hydrogens is 384 g/mol. The lowest BCUT2D eigenvalue weighted by atomic mass is 10.1. The summed E-state index contributed by atoms with van der Waals surface area (Å²) in [5.74, 6) is -1.22. The molecular formula is C23H28N2O5. The standard InChI is InChI=1S/C23H28N2O5/c1-16-13-24(14-17(2)30-16)15-18-8-10-19(11-9-18)25-12-6-5-7-20(22(26)28-3)21(25)23(27)29-4/h5-12,16-17H,13-15H2,1-4H3. The molecule has 2 unspecified atom stereocenters. The molecule has 7 heteroatoms. The summed E-state index contributed by atoms with van der Waals surface area (Å²) in [6, 6.07) is 7.91. The third-order valence-corrected chi connectivity index (χ3v) is 5.01. The van der Waals surface area contributed by atoms with Crippen LogP contribution >= 0.6 is 0 Å². The summed E-state index contributed by atoms with van der Waals surface area (Å²) in [6.45, 7) is 6.79. The van der Waals surface area contributed by atoms with Gasteiger partial charge in [0.2, 0.25) is 0 Å².